The normalized spacial score (nSPS) is 11.8. The van der Waals surface area contributed by atoms with Gasteiger partial charge in [0.1, 0.15) is 3.79 Å². The van der Waals surface area contributed by atoms with Gasteiger partial charge in [0.2, 0.25) is 0 Å². The minimum atomic E-state index is -4.44. The molecule has 0 saturated heterocycles. The molecule has 0 aliphatic heterocycles. The number of aromatic amines is 1. The summed E-state index contributed by atoms with van der Waals surface area (Å²) in [6, 6.07) is 0. The van der Waals surface area contributed by atoms with E-state index in [0.29, 0.717) is 13.0 Å². The van der Waals surface area contributed by atoms with Crippen molar-refractivity contribution in [1.29, 1.82) is 0 Å². The Labute approximate surface area is 112 Å². The van der Waals surface area contributed by atoms with Gasteiger partial charge in [-0.25, -0.2) is 4.98 Å². The van der Waals surface area contributed by atoms with Crippen LogP contribution in [0, 0.1) is 0 Å². The second kappa shape index (κ2) is 5.22. The summed E-state index contributed by atoms with van der Waals surface area (Å²) in [7, 11) is 0. The molecule has 0 bridgehead atoms. The van der Waals surface area contributed by atoms with Crippen LogP contribution in [0.1, 0.15) is 11.4 Å². The van der Waals surface area contributed by atoms with E-state index < -0.39 is 11.9 Å². The molecule has 0 radical (unpaired) electrons. The van der Waals surface area contributed by atoms with Crippen molar-refractivity contribution in [3.63, 3.8) is 0 Å². The van der Waals surface area contributed by atoms with Crippen LogP contribution < -0.4 is 5.32 Å². The number of thiazole rings is 1. The highest BCUT2D eigenvalue weighted by molar-refractivity contribution is 9.11. The lowest BCUT2D eigenvalue weighted by Gasteiger charge is -2.02. The van der Waals surface area contributed by atoms with E-state index in [9.17, 15) is 13.2 Å². The van der Waals surface area contributed by atoms with Crippen molar-refractivity contribution < 1.29 is 13.2 Å². The lowest BCUT2D eigenvalue weighted by atomic mass is 10.3. The summed E-state index contributed by atoms with van der Waals surface area (Å²) in [6.07, 6.45) is -2.34. The summed E-state index contributed by atoms with van der Waals surface area (Å²) in [5, 5.41) is 12.9. The van der Waals surface area contributed by atoms with Crippen molar-refractivity contribution in [2.24, 2.45) is 0 Å². The standard InChI is InChI=1S/C8H7BrF3N5S/c9-6-5(8(10,11)12)15-7(18-6)13-2-1-4-3-14-17-16-4/h3H,1-2H2,(H,13,15)(H,14,16,17). The summed E-state index contributed by atoms with van der Waals surface area (Å²) in [5.41, 5.74) is -0.175. The van der Waals surface area contributed by atoms with Crippen molar-refractivity contribution in [2.45, 2.75) is 12.6 Å². The molecular formula is C8H7BrF3N5S. The molecule has 2 aromatic rings. The molecule has 10 heteroatoms. The average molecular weight is 342 g/mol. The van der Waals surface area contributed by atoms with E-state index in [2.05, 4.69) is 41.6 Å². The Bertz CT molecular complexity index is 509. The predicted octanol–water partition coefficient (Wildman–Crippen LogP) is 2.70. The Hall–Kier alpha value is -1.16. The lowest BCUT2D eigenvalue weighted by molar-refractivity contribution is -0.141. The Morgan fingerprint density at radius 3 is 2.78 bits per heavy atom. The smallest absolute Gasteiger partial charge is 0.361 e. The number of nitrogens with zero attached hydrogens (tertiary/aromatic N) is 3. The maximum Gasteiger partial charge on any atom is 0.435 e. The van der Waals surface area contributed by atoms with Crippen LogP contribution in [-0.2, 0) is 12.6 Å². The molecule has 98 valence electrons. The first-order valence-electron chi connectivity index (χ1n) is 4.79. The molecule has 0 fully saturated rings. The Balaban J connectivity index is 1.94. The van der Waals surface area contributed by atoms with Crippen molar-refractivity contribution >= 4 is 32.4 Å². The zero-order valence-corrected chi connectivity index (χ0v) is 11.2. The zero-order valence-electron chi connectivity index (χ0n) is 8.75. The third-order valence-corrected chi connectivity index (χ3v) is 3.64. The van der Waals surface area contributed by atoms with Gasteiger partial charge >= 0.3 is 6.18 Å². The molecular weight excluding hydrogens is 335 g/mol. The molecule has 2 rings (SSSR count). The van der Waals surface area contributed by atoms with E-state index in [0.717, 1.165) is 17.0 Å². The first-order chi connectivity index (χ1) is 8.47. The molecule has 0 aliphatic rings. The molecule has 2 aromatic heterocycles. The molecule has 18 heavy (non-hydrogen) atoms. The number of H-pyrrole nitrogens is 1. The van der Waals surface area contributed by atoms with Crippen molar-refractivity contribution in [3.05, 3.63) is 21.4 Å². The van der Waals surface area contributed by atoms with Crippen molar-refractivity contribution in [2.75, 3.05) is 11.9 Å². The fourth-order valence-corrected chi connectivity index (χ4v) is 2.71. The van der Waals surface area contributed by atoms with Crippen LogP contribution in [0.15, 0.2) is 9.98 Å². The quantitative estimate of drug-likeness (QED) is 0.897. The number of hydrogen-bond acceptors (Lipinski definition) is 5. The highest BCUT2D eigenvalue weighted by Gasteiger charge is 2.36. The maximum atomic E-state index is 12.5. The van der Waals surface area contributed by atoms with E-state index in [1.165, 1.54) is 0 Å². The van der Waals surface area contributed by atoms with E-state index >= 15 is 0 Å². The van der Waals surface area contributed by atoms with Gasteiger partial charge in [0.25, 0.3) is 0 Å². The summed E-state index contributed by atoms with van der Waals surface area (Å²) in [5.74, 6) is 0. The van der Waals surface area contributed by atoms with Gasteiger partial charge in [0, 0.05) is 13.0 Å². The molecule has 0 unspecified atom stereocenters. The fourth-order valence-electron chi connectivity index (χ4n) is 1.20. The van der Waals surface area contributed by atoms with Gasteiger partial charge in [-0.05, 0) is 15.9 Å². The van der Waals surface area contributed by atoms with Crippen LogP contribution >= 0.6 is 27.3 Å². The van der Waals surface area contributed by atoms with Gasteiger partial charge in [-0.1, -0.05) is 11.3 Å². The fraction of sp³-hybridized carbons (Fsp3) is 0.375. The zero-order chi connectivity index (χ0) is 13.2. The van der Waals surface area contributed by atoms with Crippen LogP contribution in [0.3, 0.4) is 0 Å². The molecule has 0 spiro atoms. The summed E-state index contributed by atoms with van der Waals surface area (Å²) in [6.45, 7) is 0.434. The summed E-state index contributed by atoms with van der Waals surface area (Å²) >= 11 is 3.76. The third kappa shape index (κ3) is 3.19. The van der Waals surface area contributed by atoms with Crippen molar-refractivity contribution in [3.8, 4) is 0 Å². The molecule has 2 heterocycles. The molecule has 2 N–H and O–H groups in total. The Morgan fingerprint density at radius 2 is 2.22 bits per heavy atom. The van der Waals surface area contributed by atoms with Gasteiger partial charge in [-0.2, -0.15) is 28.6 Å². The Kier molecular flexibility index (Phi) is 3.85. The molecule has 0 amide bonds. The average Bonchev–Trinajstić information content (AvgIpc) is 2.87. The van der Waals surface area contributed by atoms with Gasteiger partial charge < -0.3 is 5.32 Å². The second-order valence-corrected chi connectivity index (χ2v) is 5.59. The number of anilines is 1. The minimum Gasteiger partial charge on any atom is -0.361 e. The number of rotatable bonds is 4. The van der Waals surface area contributed by atoms with Gasteiger partial charge in [0.05, 0.1) is 11.9 Å². The minimum absolute atomic E-state index is 0.0288. The summed E-state index contributed by atoms with van der Waals surface area (Å²) in [4.78, 5) is 3.49. The molecule has 5 nitrogen and oxygen atoms in total. The van der Waals surface area contributed by atoms with Crippen LogP contribution in [0.5, 0.6) is 0 Å². The first kappa shape index (κ1) is 13.3. The monoisotopic (exact) mass is 341 g/mol. The van der Waals surface area contributed by atoms with Crippen molar-refractivity contribution in [1.82, 2.24) is 20.4 Å². The Morgan fingerprint density at radius 1 is 1.44 bits per heavy atom. The third-order valence-electron chi connectivity index (χ3n) is 1.98. The van der Waals surface area contributed by atoms with Gasteiger partial charge in [-0.15, -0.1) is 0 Å². The van der Waals surface area contributed by atoms with Gasteiger partial charge in [-0.3, -0.25) is 0 Å². The van der Waals surface area contributed by atoms with Crippen LogP contribution in [0.4, 0.5) is 18.3 Å². The number of nitrogens with one attached hydrogen (secondary N) is 2. The van der Waals surface area contributed by atoms with E-state index in [-0.39, 0.29) is 8.92 Å². The van der Waals surface area contributed by atoms with E-state index in [1.807, 2.05) is 0 Å². The number of aromatic nitrogens is 4. The predicted molar refractivity (Wildman–Crippen MR) is 63.4 cm³/mol. The molecule has 0 aromatic carbocycles. The van der Waals surface area contributed by atoms with Crippen LogP contribution in [0.25, 0.3) is 0 Å². The maximum absolute atomic E-state index is 12.5. The largest absolute Gasteiger partial charge is 0.435 e. The van der Waals surface area contributed by atoms with Crippen LogP contribution in [-0.4, -0.2) is 26.9 Å². The molecule has 0 saturated carbocycles. The second-order valence-electron chi connectivity index (χ2n) is 3.28. The van der Waals surface area contributed by atoms with E-state index in [1.54, 1.807) is 6.20 Å². The SMILES string of the molecule is FC(F)(F)c1nc(NCCc2cn[nH]n2)sc1Br. The summed E-state index contributed by atoms with van der Waals surface area (Å²) < 4.78 is 37.4. The highest BCUT2D eigenvalue weighted by Crippen LogP contribution is 2.39. The molecule has 0 atom stereocenters. The topological polar surface area (TPSA) is 66.5 Å². The van der Waals surface area contributed by atoms with Crippen LogP contribution in [0.2, 0.25) is 0 Å². The lowest BCUT2D eigenvalue weighted by Crippen LogP contribution is -2.08. The number of alkyl halides is 3. The van der Waals surface area contributed by atoms with Gasteiger partial charge in [0.15, 0.2) is 10.8 Å². The molecule has 0 aliphatic carbocycles. The first-order valence-corrected chi connectivity index (χ1v) is 6.40. The highest BCUT2D eigenvalue weighted by atomic mass is 79.9. The number of hydrogen-bond donors (Lipinski definition) is 2. The van der Waals surface area contributed by atoms with E-state index in [4.69, 9.17) is 0 Å². The number of halogens is 4.